The third-order valence-electron chi connectivity index (χ3n) is 6.36. The first-order valence-corrected chi connectivity index (χ1v) is 13.2. The molecule has 1 aromatic carbocycles. The first-order chi connectivity index (χ1) is 18.4. The number of piperidine rings is 1. The summed E-state index contributed by atoms with van der Waals surface area (Å²) in [6.07, 6.45) is 2.90. The predicted octanol–water partition coefficient (Wildman–Crippen LogP) is 4.83. The lowest BCUT2D eigenvalue weighted by atomic mass is 9.80. The van der Waals surface area contributed by atoms with Gasteiger partial charge < -0.3 is 19.5 Å². The van der Waals surface area contributed by atoms with Gasteiger partial charge in [0.1, 0.15) is 24.0 Å². The van der Waals surface area contributed by atoms with Crippen LogP contribution in [0.15, 0.2) is 41.6 Å². The topological polar surface area (TPSA) is 139 Å². The Kier molecular flexibility index (Phi) is 8.24. The fourth-order valence-electron chi connectivity index (χ4n) is 4.47. The Morgan fingerprint density at radius 1 is 1.15 bits per heavy atom. The summed E-state index contributed by atoms with van der Waals surface area (Å²) >= 11 is 0.796. The second-order valence-corrected chi connectivity index (χ2v) is 11.5. The van der Waals surface area contributed by atoms with E-state index in [-0.39, 0.29) is 40.7 Å². The lowest BCUT2D eigenvalue weighted by Crippen LogP contribution is -2.53. The lowest BCUT2D eigenvalue weighted by Gasteiger charge is -2.44. The van der Waals surface area contributed by atoms with Crippen molar-refractivity contribution in [1.29, 1.82) is 0 Å². The molecule has 0 saturated carbocycles. The number of carbonyl (C=O) groups is 4. The van der Waals surface area contributed by atoms with Crippen molar-refractivity contribution in [2.45, 2.75) is 52.7 Å². The average Bonchev–Trinajstić information content (AvgIpc) is 3.11. The molecule has 2 aromatic rings. The number of rotatable bonds is 7. The smallest absolute Gasteiger partial charge is 0.407 e. The van der Waals surface area contributed by atoms with Crippen LogP contribution in [0.4, 0.5) is 9.59 Å². The van der Waals surface area contributed by atoms with Crippen LogP contribution in [-0.2, 0) is 9.59 Å². The number of hydrogen-bond donors (Lipinski definition) is 1. The fraction of sp³-hybridized carbons (Fsp3) is 0.407. The lowest BCUT2D eigenvalue weighted by molar-refractivity contribution is -0.127. The Morgan fingerprint density at radius 2 is 1.85 bits per heavy atom. The Hall–Kier alpha value is -3.93. The van der Waals surface area contributed by atoms with Gasteiger partial charge in [-0.3, -0.25) is 19.3 Å². The molecule has 1 N–H and O–H groups in total. The number of carbonyl (C=O) groups excluding carboxylic acids is 3. The van der Waals surface area contributed by atoms with E-state index in [0.29, 0.717) is 36.6 Å². The van der Waals surface area contributed by atoms with E-state index in [1.54, 1.807) is 36.4 Å². The Balaban J connectivity index is 1.39. The third kappa shape index (κ3) is 6.94. The summed E-state index contributed by atoms with van der Waals surface area (Å²) in [6.45, 7) is 7.51. The van der Waals surface area contributed by atoms with Crippen LogP contribution < -0.4 is 9.47 Å². The highest BCUT2D eigenvalue weighted by molar-refractivity contribution is 8.18. The molecule has 2 aliphatic heterocycles. The summed E-state index contributed by atoms with van der Waals surface area (Å²) in [7, 11) is 0. The molecule has 2 aliphatic rings. The predicted molar refractivity (Wildman–Crippen MR) is 144 cm³/mol. The maximum atomic E-state index is 12.4. The molecular weight excluding hydrogens is 524 g/mol. The largest absolute Gasteiger partial charge is 0.474 e. The van der Waals surface area contributed by atoms with Crippen molar-refractivity contribution in [2.75, 3.05) is 13.1 Å². The number of benzene rings is 1. The molecule has 0 radical (unpaired) electrons. The quantitative estimate of drug-likeness (QED) is 0.473. The number of hydrogen-bond acceptors (Lipinski definition) is 9. The van der Waals surface area contributed by atoms with Gasteiger partial charge in [-0.1, -0.05) is 32.9 Å². The molecule has 206 valence electrons. The average molecular weight is 555 g/mol. The summed E-state index contributed by atoms with van der Waals surface area (Å²) in [5.74, 6) is 0.337. The molecule has 4 rings (SSSR count). The second kappa shape index (κ2) is 11.4. The van der Waals surface area contributed by atoms with E-state index in [2.05, 4.69) is 9.97 Å². The zero-order valence-corrected chi connectivity index (χ0v) is 22.9. The summed E-state index contributed by atoms with van der Waals surface area (Å²) in [5, 5.41) is 9.11. The third-order valence-corrected chi connectivity index (χ3v) is 7.27. The van der Waals surface area contributed by atoms with Gasteiger partial charge in [0, 0.05) is 25.4 Å². The first-order valence-electron chi connectivity index (χ1n) is 12.4. The van der Waals surface area contributed by atoms with Crippen molar-refractivity contribution >= 4 is 40.9 Å². The number of Topliss-reactive ketones (excluding diaryl/α,β-unsaturated/α-hetero) is 1. The molecular formula is C27H30N4O7S. The number of ether oxygens (including phenoxy) is 2. The monoisotopic (exact) mass is 554 g/mol. The van der Waals surface area contributed by atoms with Gasteiger partial charge in [-0.25, -0.2) is 14.8 Å². The van der Waals surface area contributed by atoms with Crippen LogP contribution in [-0.4, -0.2) is 73.1 Å². The molecule has 2 fully saturated rings. The second-order valence-electron chi connectivity index (χ2n) is 10.5. The van der Waals surface area contributed by atoms with Crippen LogP contribution in [0.2, 0.25) is 0 Å². The van der Waals surface area contributed by atoms with E-state index in [9.17, 15) is 24.3 Å². The Bertz CT molecular complexity index is 1310. The van der Waals surface area contributed by atoms with Gasteiger partial charge in [-0.05, 0) is 47.9 Å². The van der Waals surface area contributed by atoms with Gasteiger partial charge in [0.15, 0.2) is 0 Å². The number of amides is 3. The number of carboxylic acid groups (broad SMARTS) is 1. The van der Waals surface area contributed by atoms with Gasteiger partial charge in [0.2, 0.25) is 11.8 Å². The van der Waals surface area contributed by atoms with Crippen molar-refractivity contribution in [3.05, 3.63) is 47.1 Å². The summed E-state index contributed by atoms with van der Waals surface area (Å²) in [4.78, 5) is 58.5. The fourth-order valence-corrected chi connectivity index (χ4v) is 5.31. The first kappa shape index (κ1) is 28.1. The minimum atomic E-state index is -0.926. The van der Waals surface area contributed by atoms with E-state index in [1.807, 2.05) is 20.8 Å². The molecule has 39 heavy (non-hydrogen) atoms. The van der Waals surface area contributed by atoms with Crippen molar-refractivity contribution < 1.29 is 33.8 Å². The summed E-state index contributed by atoms with van der Waals surface area (Å²) in [5.41, 5.74) is 0.443. The molecule has 0 bridgehead atoms. The van der Waals surface area contributed by atoms with Crippen molar-refractivity contribution in [1.82, 2.24) is 19.8 Å². The summed E-state index contributed by atoms with van der Waals surface area (Å²) in [6, 6.07) is 8.25. The molecule has 3 amide bonds. The highest BCUT2D eigenvalue weighted by Crippen LogP contribution is 2.34. The molecule has 1 aromatic heterocycles. The maximum absolute atomic E-state index is 12.4. The Labute approximate surface area is 230 Å². The normalized spacial score (nSPS) is 20.9. The van der Waals surface area contributed by atoms with E-state index in [4.69, 9.17) is 9.47 Å². The highest BCUT2D eigenvalue weighted by atomic mass is 32.2. The van der Waals surface area contributed by atoms with Crippen LogP contribution in [0, 0.1) is 5.41 Å². The molecule has 0 spiro atoms. The zero-order chi connectivity index (χ0) is 28.3. The van der Waals surface area contributed by atoms with E-state index in [1.165, 1.54) is 18.2 Å². The molecule has 2 saturated heterocycles. The van der Waals surface area contributed by atoms with Crippen molar-refractivity contribution in [3.8, 4) is 17.5 Å². The molecule has 2 unspecified atom stereocenters. The number of nitrogens with zero attached hydrogens (tertiary/aromatic N) is 4. The van der Waals surface area contributed by atoms with Crippen LogP contribution in [0.25, 0.3) is 6.08 Å². The zero-order valence-electron chi connectivity index (χ0n) is 22.1. The van der Waals surface area contributed by atoms with Gasteiger partial charge >= 0.3 is 6.09 Å². The molecule has 12 heteroatoms. The number of thioether (sulfide) groups is 1. The number of likely N-dealkylation sites (tertiary alicyclic amines) is 1. The van der Waals surface area contributed by atoms with Gasteiger partial charge in [-0.15, -0.1) is 0 Å². The standard InChI is InChI=1S/C27H30N4O7S/c1-16(32)14-31-24(33)20(39-26(31)36)11-17-5-7-18(8-6-17)37-22-13-23(29-15-28-22)38-19-9-10-30(25(34)35)21(12-19)27(2,3)4/h5-8,11,13,15,19,21H,9-10,12,14H2,1-4H3,(H,34,35). The van der Waals surface area contributed by atoms with Crippen LogP contribution in [0.5, 0.6) is 17.5 Å². The SMILES string of the molecule is CC(=O)CN1C(=O)SC(=Cc2ccc(Oc3cc(OC4CCN(C(=O)O)C(C(C)(C)C)C4)ncn3)cc2)C1=O. The van der Waals surface area contributed by atoms with Gasteiger partial charge in [-0.2, -0.15) is 0 Å². The molecule has 2 atom stereocenters. The molecule has 11 nitrogen and oxygen atoms in total. The van der Waals surface area contributed by atoms with Crippen molar-refractivity contribution in [3.63, 3.8) is 0 Å². The number of imide groups is 1. The Morgan fingerprint density at radius 3 is 2.49 bits per heavy atom. The van der Waals surface area contributed by atoms with E-state index >= 15 is 0 Å². The van der Waals surface area contributed by atoms with Gasteiger partial charge in [0.05, 0.1) is 17.5 Å². The molecule has 0 aliphatic carbocycles. The van der Waals surface area contributed by atoms with Crippen molar-refractivity contribution in [2.24, 2.45) is 5.41 Å². The maximum Gasteiger partial charge on any atom is 0.407 e. The van der Waals surface area contributed by atoms with Crippen LogP contribution in [0.1, 0.15) is 46.1 Å². The minimum Gasteiger partial charge on any atom is -0.474 e. The van der Waals surface area contributed by atoms with Gasteiger partial charge in [0.25, 0.3) is 11.1 Å². The minimum absolute atomic E-state index is 0.187. The number of aromatic nitrogens is 2. The number of ketones is 1. The van der Waals surface area contributed by atoms with E-state index < -0.39 is 17.2 Å². The van der Waals surface area contributed by atoms with Crippen LogP contribution >= 0.6 is 11.8 Å². The van der Waals surface area contributed by atoms with E-state index in [0.717, 1.165) is 16.7 Å². The summed E-state index contributed by atoms with van der Waals surface area (Å²) < 4.78 is 11.9. The highest BCUT2D eigenvalue weighted by Gasteiger charge is 2.39. The van der Waals surface area contributed by atoms with Crippen LogP contribution in [0.3, 0.4) is 0 Å². The molecule has 3 heterocycles.